The summed E-state index contributed by atoms with van der Waals surface area (Å²) in [6, 6.07) is 0.341. The second-order valence-electron chi connectivity index (χ2n) is 4.78. The molecule has 7 nitrogen and oxygen atoms in total. The number of hydrogen-bond donors (Lipinski definition) is 1. The quantitative estimate of drug-likeness (QED) is 0.251. The highest BCUT2D eigenvalue weighted by molar-refractivity contribution is 5.81. The fourth-order valence-corrected chi connectivity index (χ4v) is 2.37. The number of esters is 1. The van der Waals surface area contributed by atoms with Gasteiger partial charge in [0.05, 0.1) is 7.11 Å². The smallest absolute Gasteiger partial charge is 0.327 e. The summed E-state index contributed by atoms with van der Waals surface area (Å²) in [7, 11) is 3.41. The molecule has 0 bridgehead atoms. The number of methoxy groups -OCH3 is 1. The Morgan fingerprint density at radius 2 is 2.44 bits per heavy atom. The second kappa shape index (κ2) is 6.58. The molecule has 0 radical (unpaired) electrons. The number of nitrogens with one attached hydrogen (secondary N) is 1. The molecular weight excluding hydrogens is 234 g/mol. The molecule has 0 aromatic rings. The van der Waals surface area contributed by atoms with Crippen LogP contribution < -0.4 is 5.32 Å². The largest absolute Gasteiger partial charge is 0.468 e. The highest BCUT2D eigenvalue weighted by Gasteiger charge is 2.47. The molecule has 0 aromatic carbocycles. The van der Waals surface area contributed by atoms with Crippen molar-refractivity contribution >= 4 is 5.97 Å². The Balaban J connectivity index is 2.57. The lowest BCUT2D eigenvalue weighted by Gasteiger charge is -2.27. The van der Waals surface area contributed by atoms with E-state index in [0.717, 1.165) is 6.42 Å². The monoisotopic (exact) mass is 255 g/mol. The molecule has 0 saturated carbocycles. The number of hydrogen-bond acceptors (Lipinski definition) is 5. The molecule has 0 amide bonds. The van der Waals surface area contributed by atoms with Gasteiger partial charge in [-0.1, -0.05) is 5.11 Å². The molecule has 1 fully saturated rings. The van der Waals surface area contributed by atoms with E-state index in [2.05, 4.69) is 27.2 Å². The van der Waals surface area contributed by atoms with E-state index in [-0.39, 0.29) is 5.97 Å². The predicted molar refractivity (Wildman–Crippen MR) is 68.1 cm³/mol. The van der Waals surface area contributed by atoms with Gasteiger partial charge in [0, 0.05) is 24.0 Å². The van der Waals surface area contributed by atoms with Crippen LogP contribution in [0.25, 0.3) is 10.4 Å². The number of likely N-dealkylation sites (tertiary alicyclic amines) is 1. The van der Waals surface area contributed by atoms with Gasteiger partial charge in [-0.3, -0.25) is 4.79 Å². The molecular formula is C11H21N5O2. The van der Waals surface area contributed by atoms with Crippen molar-refractivity contribution in [3.63, 3.8) is 0 Å². The Morgan fingerprint density at radius 3 is 2.94 bits per heavy atom. The maximum Gasteiger partial charge on any atom is 0.327 e. The number of azide groups is 1. The first-order chi connectivity index (χ1) is 8.55. The van der Waals surface area contributed by atoms with Crippen LogP contribution in [0.4, 0.5) is 0 Å². The number of carbonyl (C=O) groups is 1. The third-order valence-corrected chi connectivity index (χ3v) is 3.45. The van der Waals surface area contributed by atoms with Crippen molar-refractivity contribution in [2.75, 3.05) is 33.8 Å². The summed E-state index contributed by atoms with van der Waals surface area (Å²) in [6.45, 7) is 3.80. The minimum Gasteiger partial charge on any atom is -0.468 e. The topological polar surface area (TPSA) is 90.3 Å². The third-order valence-electron chi connectivity index (χ3n) is 3.45. The van der Waals surface area contributed by atoms with E-state index in [9.17, 15) is 4.79 Å². The normalized spacial score (nSPS) is 27.8. The zero-order valence-corrected chi connectivity index (χ0v) is 11.2. The van der Waals surface area contributed by atoms with Crippen LogP contribution in [0.5, 0.6) is 0 Å². The lowest BCUT2D eigenvalue weighted by atomic mass is 9.96. The Kier molecular flexibility index (Phi) is 5.40. The van der Waals surface area contributed by atoms with Crippen molar-refractivity contribution in [2.45, 2.75) is 31.3 Å². The summed E-state index contributed by atoms with van der Waals surface area (Å²) in [4.78, 5) is 16.8. The van der Waals surface area contributed by atoms with Gasteiger partial charge in [-0.2, -0.15) is 0 Å². The molecule has 0 aliphatic carbocycles. The number of likely N-dealkylation sites (N-methyl/N-ethyl adjacent to an activating group) is 1. The molecule has 1 N–H and O–H groups in total. The van der Waals surface area contributed by atoms with Gasteiger partial charge in [0.25, 0.3) is 0 Å². The van der Waals surface area contributed by atoms with Crippen LogP contribution in [0.2, 0.25) is 0 Å². The van der Waals surface area contributed by atoms with Crippen molar-refractivity contribution in [1.29, 1.82) is 0 Å². The van der Waals surface area contributed by atoms with Gasteiger partial charge < -0.3 is 15.0 Å². The fraction of sp³-hybridized carbons (Fsp3) is 0.909. The molecule has 0 spiro atoms. The summed E-state index contributed by atoms with van der Waals surface area (Å²) < 4.78 is 4.90. The lowest BCUT2D eigenvalue weighted by Crippen LogP contribution is -2.54. The molecule has 1 saturated heterocycles. The van der Waals surface area contributed by atoms with Crippen LogP contribution in [0.3, 0.4) is 0 Å². The van der Waals surface area contributed by atoms with E-state index in [1.807, 2.05) is 7.05 Å². The summed E-state index contributed by atoms with van der Waals surface area (Å²) in [5.41, 5.74) is 7.55. The zero-order chi connectivity index (χ0) is 13.6. The minimum absolute atomic E-state index is 0.220. The van der Waals surface area contributed by atoms with Gasteiger partial charge in [0.15, 0.2) is 0 Å². The molecule has 7 heteroatoms. The van der Waals surface area contributed by atoms with E-state index >= 15 is 0 Å². The van der Waals surface area contributed by atoms with Gasteiger partial charge in [0.1, 0.15) is 5.54 Å². The van der Waals surface area contributed by atoms with E-state index in [4.69, 9.17) is 10.3 Å². The van der Waals surface area contributed by atoms with Crippen LogP contribution in [-0.4, -0.2) is 56.2 Å². The van der Waals surface area contributed by atoms with Crippen LogP contribution in [0.15, 0.2) is 5.11 Å². The summed E-state index contributed by atoms with van der Waals surface area (Å²) in [6.07, 6.45) is 1.44. The molecule has 0 aromatic heterocycles. The van der Waals surface area contributed by atoms with Crippen LogP contribution in [-0.2, 0) is 9.53 Å². The number of nitrogens with zero attached hydrogens (tertiary/aromatic N) is 4. The van der Waals surface area contributed by atoms with Crippen molar-refractivity contribution in [3.8, 4) is 0 Å². The third kappa shape index (κ3) is 3.35. The van der Waals surface area contributed by atoms with Crippen LogP contribution >= 0.6 is 0 Å². The SMILES string of the molecule is COC(=O)C1(NCCCN=[N+]=[N-])CC(C)N(C)C1. The highest BCUT2D eigenvalue weighted by Crippen LogP contribution is 2.26. The summed E-state index contributed by atoms with van der Waals surface area (Å²) in [5, 5.41) is 6.73. The summed E-state index contributed by atoms with van der Waals surface area (Å²) >= 11 is 0. The van der Waals surface area contributed by atoms with Gasteiger partial charge in [-0.15, -0.1) is 0 Å². The first kappa shape index (κ1) is 14.8. The predicted octanol–water partition coefficient (Wildman–Crippen LogP) is 0.912. The zero-order valence-electron chi connectivity index (χ0n) is 11.2. The van der Waals surface area contributed by atoms with E-state index in [1.165, 1.54) is 7.11 Å². The first-order valence-corrected chi connectivity index (χ1v) is 6.10. The number of carbonyl (C=O) groups excluding carboxylic acids is 1. The van der Waals surface area contributed by atoms with E-state index in [0.29, 0.717) is 32.1 Å². The van der Waals surface area contributed by atoms with Crippen molar-refractivity contribution in [1.82, 2.24) is 10.2 Å². The van der Waals surface area contributed by atoms with Crippen molar-refractivity contribution in [2.24, 2.45) is 5.11 Å². The molecule has 1 rings (SSSR count). The first-order valence-electron chi connectivity index (χ1n) is 6.10. The molecule has 1 aliphatic rings. The Hall–Kier alpha value is -1.30. The van der Waals surface area contributed by atoms with Crippen molar-refractivity contribution < 1.29 is 9.53 Å². The Bertz CT molecular complexity index is 330. The van der Waals surface area contributed by atoms with E-state index in [1.54, 1.807) is 0 Å². The molecule has 2 atom stereocenters. The standard InChI is InChI=1S/C11H21N5O2/c1-9-7-11(8-16(9)2,10(17)18-3)13-5-4-6-14-15-12/h9,13H,4-8H2,1-3H3. The Morgan fingerprint density at radius 1 is 1.72 bits per heavy atom. The molecule has 102 valence electrons. The van der Waals surface area contributed by atoms with Gasteiger partial charge in [-0.05, 0) is 38.9 Å². The van der Waals surface area contributed by atoms with Gasteiger partial charge >= 0.3 is 5.97 Å². The number of rotatable bonds is 6. The van der Waals surface area contributed by atoms with Gasteiger partial charge in [0.2, 0.25) is 0 Å². The van der Waals surface area contributed by atoms with E-state index < -0.39 is 5.54 Å². The fourth-order valence-electron chi connectivity index (χ4n) is 2.37. The molecule has 1 heterocycles. The molecule has 18 heavy (non-hydrogen) atoms. The minimum atomic E-state index is -0.626. The summed E-state index contributed by atoms with van der Waals surface area (Å²) in [5.74, 6) is -0.220. The second-order valence-corrected chi connectivity index (χ2v) is 4.78. The maximum atomic E-state index is 12.0. The van der Waals surface area contributed by atoms with Crippen molar-refractivity contribution in [3.05, 3.63) is 10.4 Å². The van der Waals surface area contributed by atoms with Crippen LogP contribution in [0, 0.1) is 0 Å². The Labute approximate surface area is 107 Å². The highest BCUT2D eigenvalue weighted by atomic mass is 16.5. The van der Waals surface area contributed by atoms with Gasteiger partial charge in [-0.25, -0.2) is 0 Å². The molecule has 1 aliphatic heterocycles. The maximum absolute atomic E-state index is 12.0. The average molecular weight is 255 g/mol. The number of ether oxygens (including phenoxy) is 1. The van der Waals surface area contributed by atoms with Crippen LogP contribution in [0.1, 0.15) is 19.8 Å². The molecule has 2 unspecified atom stereocenters. The lowest BCUT2D eigenvalue weighted by molar-refractivity contribution is -0.148. The average Bonchev–Trinajstić information content (AvgIpc) is 2.65.